The minimum Gasteiger partial charge on any atom is -0.342 e. The van der Waals surface area contributed by atoms with Crippen LogP contribution in [0.25, 0.3) is 0 Å². The van der Waals surface area contributed by atoms with Crippen LogP contribution in [0.2, 0.25) is 0 Å². The van der Waals surface area contributed by atoms with E-state index in [1.54, 1.807) is 0 Å². The smallest absolute Gasteiger partial charge is 0.322 e. The molecule has 0 bridgehead atoms. The molecule has 18 heavy (non-hydrogen) atoms. The average Bonchev–Trinajstić information content (AvgIpc) is 2.52. The van der Waals surface area contributed by atoms with E-state index in [2.05, 4.69) is 10.6 Å². The maximum absolute atomic E-state index is 12.1. The number of likely N-dealkylation sites (tertiary alicyclic amines) is 1. The molecular formula is C12H17N3O3. The van der Waals surface area contributed by atoms with Gasteiger partial charge in [0, 0.05) is 19.0 Å². The summed E-state index contributed by atoms with van der Waals surface area (Å²) in [7, 11) is 0. The van der Waals surface area contributed by atoms with Gasteiger partial charge in [-0.2, -0.15) is 0 Å². The minimum atomic E-state index is -0.770. The molecule has 2 heterocycles. The zero-order chi connectivity index (χ0) is 12.8. The van der Waals surface area contributed by atoms with E-state index in [1.165, 1.54) is 0 Å². The van der Waals surface area contributed by atoms with Crippen LogP contribution in [0.4, 0.5) is 4.79 Å². The standard InChI is InChI=1S/C12H17N3O3/c16-9(8-2-1-3-8)15-6-4-12(5-7-15)10(17)13-11(18)14-12/h8H,1-7H2,(H2,13,14,17,18). The SMILES string of the molecule is O=C1NC(=O)C2(CCN(C(=O)C3CCC3)CC2)N1. The van der Waals surface area contributed by atoms with Crippen molar-refractivity contribution in [2.45, 2.75) is 37.6 Å². The zero-order valence-electron chi connectivity index (χ0n) is 10.2. The molecule has 98 valence electrons. The van der Waals surface area contributed by atoms with Crippen molar-refractivity contribution in [1.29, 1.82) is 0 Å². The topological polar surface area (TPSA) is 78.5 Å². The Labute approximate surface area is 105 Å². The van der Waals surface area contributed by atoms with Gasteiger partial charge >= 0.3 is 6.03 Å². The Balaban J connectivity index is 1.62. The first kappa shape index (κ1) is 11.5. The number of hydrogen-bond donors (Lipinski definition) is 2. The van der Waals surface area contributed by atoms with Gasteiger partial charge in [-0.05, 0) is 25.7 Å². The van der Waals surface area contributed by atoms with E-state index in [0.29, 0.717) is 25.9 Å². The number of carbonyl (C=O) groups is 3. The summed E-state index contributed by atoms with van der Waals surface area (Å²) in [5.74, 6) is 0.176. The average molecular weight is 251 g/mol. The molecule has 0 radical (unpaired) electrons. The third kappa shape index (κ3) is 1.67. The van der Waals surface area contributed by atoms with Gasteiger partial charge in [-0.1, -0.05) is 6.42 Å². The van der Waals surface area contributed by atoms with Gasteiger partial charge in [-0.25, -0.2) is 4.79 Å². The lowest BCUT2D eigenvalue weighted by molar-refractivity contribution is -0.141. The molecule has 0 aromatic heterocycles. The van der Waals surface area contributed by atoms with E-state index in [4.69, 9.17) is 0 Å². The number of nitrogens with one attached hydrogen (secondary N) is 2. The predicted molar refractivity (Wildman–Crippen MR) is 62.6 cm³/mol. The van der Waals surface area contributed by atoms with Crippen molar-refractivity contribution >= 4 is 17.8 Å². The predicted octanol–water partition coefficient (Wildman–Crippen LogP) is -0.0129. The molecule has 2 N–H and O–H groups in total. The quantitative estimate of drug-likeness (QED) is 0.643. The molecule has 3 aliphatic rings. The highest BCUT2D eigenvalue weighted by atomic mass is 16.2. The molecule has 3 fully saturated rings. The molecular weight excluding hydrogens is 234 g/mol. The van der Waals surface area contributed by atoms with Crippen molar-refractivity contribution in [2.24, 2.45) is 5.92 Å². The van der Waals surface area contributed by atoms with Crippen LogP contribution in [-0.4, -0.2) is 41.4 Å². The van der Waals surface area contributed by atoms with Crippen LogP contribution < -0.4 is 10.6 Å². The van der Waals surface area contributed by atoms with Crippen LogP contribution in [0.3, 0.4) is 0 Å². The number of imide groups is 1. The zero-order valence-corrected chi connectivity index (χ0v) is 10.2. The van der Waals surface area contributed by atoms with E-state index in [1.807, 2.05) is 4.90 Å². The first-order chi connectivity index (χ1) is 8.61. The van der Waals surface area contributed by atoms with Crippen LogP contribution >= 0.6 is 0 Å². The van der Waals surface area contributed by atoms with Gasteiger partial charge in [0.25, 0.3) is 5.91 Å². The number of carbonyl (C=O) groups excluding carboxylic acids is 3. The Hall–Kier alpha value is -1.59. The molecule has 4 amide bonds. The Bertz CT molecular complexity index is 409. The fourth-order valence-corrected chi connectivity index (χ4v) is 2.90. The van der Waals surface area contributed by atoms with Gasteiger partial charge in [-0.3, -0.25) is 14.9 Å². The van der Waals surface area contributed by atoms with Crippen LogP contribution in [0.5, 0.6) is 0 Å². The van der Waals surface area contributed by atoms with Gasteiger partial charge in [0.05, 0.1) is 0 Å². The summed E-state index contributed by atoms with van der Waals surface area (Å²) in [6, 6.07) is -0.418. The summed E-state index contributed by atoms with van der Waals surface area (Å²) in [5.41, 5.74) is -0.770. The lowest BCUT2D eigenvalue weighted by Crippen LogP contribution is -2.56. The molecule has 2 aliphatic heterocycles. The second-order valence-corrected chi connectivity index (χ2v) is 5.44. The van der Waals surface area contributed by atoms with Crippen molar-refractivity contribution < 1.29 is 14.4 Å². The van der Waals surface area contributed by atoms with Crippen LogP contribution in [0, 0.1) is 5.92 Å². The number of hydrogen-bond acceptors (Lipinski definition) is 3. The van der Waals surface area contributed by atoms with E-state index in [9.17, 15) is 14.4 Å². The van der Waals surface area contributed by atoms with Crippen molar-refractivity contribution in [3.63, 3.8) is 0 Å². The van der Waals surface area contributed by atoms with E-state index in [0.717, 1.165) is 19.3 Å². The summed E-state index contributed by atoms with van der Waals surface area (Å²) < 4.78 is 0. The lowest BCUT2D eigenvalue weighted by Gasteiger charge is -2.39. The molecule has 1 saturated carbocycles. The molecule has 0 aromatic rings. The summed E-state index contributed by atoms with van der Waals surface area (Å²) in [6.45, 7) is 1.12. The van der Waals surface area contributed by atoms with E-state index >= 15 is 0 Å². The summed E-state index contributed by atoms with van der Waals surface area (Å²) in [5, 5.41) is 4.97. The fraction of sp³-hybridized carbons (Fsp3) is 0.750. The van der Waals surface area contributed by atoms with E-state index < -0.39 is 11.6 Å². The molecule has 1 spiro atoms. The van der Waals surface area contributed by atoms with Gasteiger partial charge in [-0.15, -0.1) is 0 Å². The first-order valence-corrected chi connectivity index (χ1v) is 6.53. The summed E-state index contributed by atoms with van der Waals surface area (Å²) >= 11 is 0. The Morgan fingerprint density at radius 2 is 1.89 bits per heavy atom. The normalized spacial score (nSPS) is 26.8. The first-order valence-electron chi connectivity index (χ1n) is 6.53. The molecule has 1 aliphatic carbocycles. The monoisotopic (exact) mass is 251 g/mol. The Morgan fingerprint density at radius 1 is 1.22 bits per heavy atom. The maximum atomic E-state index is 12.1. The number of rotatable bonds is 1. The van der Waals surface area contributed by atoms with Crippen LogP contribution in [0.1, 0.15) is 32.1 Å². The molecule has 6 heteroatoms. The van der Waals surface area contributed by atoms with E-state index in [-0.39, 0.29) is 17.7 Å². The van der Waals surface area contributed by atoms with Gasteiger partial charge in [0.15, 0.2) is 0 Å². The third-order valence-corrected chi connectivity index (χ3v) is 4.40. The number of amides is 4. The largest absolute Gasteiger partial charge is 0.342 e. The van der Waals surface area contributed by atoms with Crippen molar-refractivity contribution in [3.8, 4) is 0 Å². The second-order valence-electron chi connectivity index (χ2n) is 5.44. The van der Waals surface area contributed by atoms with Gasteiger partial charge in [0.2, 0.25) is 5.91 Å². The van der Waals surface area contributed by atoms with Crippen molar-refractivity contribution in [2.75, 3.05) is 13.1 Å². The lowest BCUT2D eigenvalue weighted by atomic mass is 9.82. The highest BCUT2D eigenvalue weighted by Gasteiger charge is 2.48. The number of urea groups is 1. The van der Waals surface area contributed by atoms with Crippen LogP contribution in [-0.2, 0) is 9.59 Å². The Morgan fingerprint density at radius 3 is 2.33 bits per heavy atom. The molecule has 2 saturated heterocycles. The highest BCUT2D eigenvalue weighted by molar-refractivity contribution is 6.07. The Kier molecular flexibility index (Phi) is 2.53. The fourth-order valence-electron chi connectivity index (χ4n) is 2.90. The molecule has 6 nitrogen and oxygen atoms in total. The number of piperidine rings is 1. The molecule has 3 rings (SSSR count). The molecule has 0 aromatic carbocycles. The van der Waals surface area contributed by atoms with Gasteiger partial charge in [0.1, 0.15) is 5.54 Å². The third-order valence-electron chi connectivity index (χ3n) is 4.40. The summed E-state index contributed by atoms with van der Waals surface area (Å²) in [6.07, 6.45) is 4.17. The summed E-state index contributed by atoms with van der Waals surface area (Å²) in [4.78, 5) is 36.8. The molecule has 0 atom stereocenters. The maximum Gasteiger partial charge on any atom is 0.322 e. The second kappa shape index (κ2) is 3.96. The highest BCUT2D eigenvalue weighted by Crippen LogP contribution is 2.31. The minimum absolute atomic E-state index is 0.200. The van der Waals surface area contributed by atoms with Crippen LogP contribution in [0.15, 0.2) is 0 Å². The van der Waals surface area contributed by atoms with Crippen molar-refractivity contribution in [1.82, 2.24) is 15.5 Å². The van der Waals surface area contributed by atoms with Crippen molar-refractivity contribution in [3.05, 3.63) is 0 Å². The number of nitrogens with zero attached hydrogens (tertiary/aromatic N) is 1. The van der Waals surface area contributed by atoms with Gasteiger partial charge < -0.3 is 10.2 Å². The molecule has 0 unspecified atom stereocenters.